The molecule has 3 heteroatoms. The van der Waals surface area contributed by atoms with Gasteiger partial charge in [-0.15, -0.1) is 11.3 Å². The number of halogens is 1. The molecule has 0 bridgehead atoms. The fourth-order valence-electron chi connectivity index (χ4n) is 2.52. The maximum atomic E-state index is 3.64. The Hall–Kier alpha value is -0.640. The Morgan fingerprint density at radius 1 is 1.44 bits per heavy atom. The summed E-state index contributed by atoms with van der Waals surface area (Å²) in [4.78, 5) is 1.40. The van der Waals surface area contributed by atoms with Gasteiger partial charge >= 0.3 is 0 Å². The van der Waals surface area contributed by atoms with Crippen molar-refractivity contribution < 1.29 is 0 Å². The van der Waals surface area contributed by atoms with Crippen LogP contribution in [0.5, 0.6) is 0 Å². The molecule has 0 spiro atoms. The van der Waals surface area contributed by atoms with Crippen LogP contribution in [-0.2, 0) is 6.42 Å². The Morgan fingerprint density at radius 2 is 2.28 bits per heavy atom. The maximum absolute atomic E-state index is 3.64. The third-order valence-electron chi connectivity index (χ3n) is 3.65. The summed E-state index contributed by atoms with van der Waals surface area (Å²) < 4.78 is 1.19. The highest BCUT2D eigenvalue weighted by Gasteiger charge is 2.25. The van der Waals surface area contributed by atoms with Crippen molar-refractivity contribution in [2.24, 2.45) is 0 Å². The highest BCUT2D eigenvalue weighted by atomic mass is 79.9. The lowest BCUT2D eigenvalue weighted by Crippen LogP contribution is -2.30. The first-order valence-corrected chi connectivity index (χ1v) is 7.96. The summed E-state index contributed by atoms with van der Waals surface area (Å²) in [5.74, 6) is 0.701. The van der Waals surface area contributed by atoms with Gasteiger partial charge in [0, 0.05) is 33.2 Å². The van der Waals surface area contributed by atoms with Gasteiger partial charge in [0.15, 0.2) is 0 Å². The normalized spacial score (nSPS) is 19.1. The molecule has 0 amide bonds. The van der Waals surface area contributed by atoms with Crippen LogP contribution < -0.4 is 5.32 Å². The van der Waals surface area contributed by atoms with Gasteiger partial charge in [0.05, 0.1) is 0 Å². The van der Waals surface area contributed by atoms with E-state index in [0.717, 1.165) is 6.54 Å². The van der Waals surface area contributed by atoms with Crippen molar-refractivity contribution in [3.63, 3.8) is 0 Å². The van der Waals surface area contributed by atoms with Crippen molar-refractivity contribution in [3.05, 3.63) is 56.2 Å². The number of benzene rings is 1. The number of thiophene rings is 1. The summed E-state index contributed by atoms with van der Waals surface area (Å²) in [5, 5.41) is 5.79. The lowest BCUT2D eigenvalue weighted by Gasteiger charge is -2.31. The zero-order valence-electron chi connectivity index (χ0n) is 10.3. The van der Waals surface area contributed by atoms with Crippen LogP contribution in [0.4, 0.5) is 0 Å². The van der Waals surface area contributed by atoms with Gasteiger partial charge in [-0.3, -0.25) is 0 Å². The fraction of sp³-hybridized carbons (Fsp3) is 0.333. The number of rotatable bonds is 4. The minimum atomic E-state index is 0.439. The Balaban J connectivity index is 1.57. The third-order valence-corrected chi connectivity index (χ3v) is 5.52. The van der Waals surface area contributed by atoms with E-state index in [9.17, 15) is 0 Å². The second-order valence-electron chi connectivity index (χ2n) is 4.90. The molecule has 1 aromatic heterocycles. The largest absolute Gasteiger partial charge is 0.309 e. The van der Waals surface area contributed by atoms with E-state index in [0.29, 0.717) is 12.0 Å². The molecular formula is C15H16BrNS. The van der Waals surface area contributed by atoms with Crippen molar-refractivity contribution in [1.29, 1.82) is 0 Å². The van der Waals surface area contributed by atoms with Gasteiger partial charge in [0.2, 0.25) is 0 Å². The summed E-state index contributed by atoms with van der Waals surface area (Å²) in [5.41, 5.74) is 3.06. The van der Waals surface area contributed by atoms with E-state index in [2.05, 4.69) is 63.9 Å². The second-order valence-corrected chi connectivity index (χ2v) is 6.76. The maximum Gasteiger partial charge on any atom is 0.0386 e. The molecule has 0 saturated carbocycles. The second kappa shape index (κ2) is 5.16. The summed E-state index contributed by atoms with van der Waals surface area (Å²) in [7, 11) is 0. The standard InChI is InChI=1S/C15H16BrNS/c1-10(15-7-13(16)9-18-15)17-8-12-6-11-4-2-3-5-14(11)12/h2-5,7,9-10,12,17H,6,8H2,1H3. The fourth-order valence-corrected chi connectivity index (χ4v) is 4.00. The number of hydrogen-bond donors (Lipinski definition) is 1. The molecule has 1 N–H and O–H groups in total. The lowest BCUT2D eigenvalue weighted by atomic mass is 9.77. The predicted molar refractivity (Wildman–Crippen MR) is 81.3 cm³/mol. The van der Waals surface area contributed by atoms with Crippen LogP contribution >= 0.6 is 27.3 Å². The zero-order valence-corrected chi connectivity index (χ0v) is 12.7. The van der Waals surface area contributed by atoms with Crippen molar-refractivity contribution in [2.45, 2.75) is 25.3 Å². The first-order chi connectivity index (χ1) is 8.74. The molecule has 18 heavy (non-hydrogen) atoms. The molecule has 1 heterocycles. The van der Waals surface area contributed by atoms with Crippen LogP contribution in [0.3, 0.4) is 0 Å². The van der Waals surface area contributed by atoms with Crippen molar-refractivity contribution in [3.8, 4) is 0 Å². The van der Waals surface area contributed by atoms with E-state index in [1.54, 1.807) is 0 Å². The van der Waals surface area contributed by atoms with Gasteiger partial charge in [0.1, 0.15) is 0 Å². The van der Waals surface area contributed by atoms with Crippen LogP contribution in [0, 0.1) is 0 Å². The van der Waals surface area contributed by atoms with Crippen molar-refractivity contribution in [1.82, 2.24) is 5.32 Å². The SMILES string of the molecule is CC(NCC1Cc2ccccc21)c1cc(Br)cs1. The number of hydrogen-bond acceptors (Lipinski definition) is 2. The van der Waals surface area contributed by atoms with E-state index < -0.39 is 0 Å². The molecule has 2 atom stereocenters. The third kappa shape index (κ3) is 2.40. The van der Waals surface area contributed by atoms with Crippen LogP contribution in [-0.4, -0.2) is 6.54 Å². The van der Waals surface area contributed by atoms with Crippen LogP contribution in [0.1, 0.15) is 34.9 Å². The predicted octanol–water partition coefficient (Wildman–Crippen LogP) is 4.50. The molecule has 1 nitrogen and oxygen atoms in total. The van der Waals surface area contributed by atoms with Crippen LogP contribution in [0.25, 0.3) is 0 Å². The minimum Gasteiger partial charge on any atom is -0.309 e. The van der Waals surface area contributed by atoms with E-state index in [1.165, 1.54) is 26.9 Å². The van der Waals surface area contributed by atoms with Gasteiger partial charge in [-0.2, -0.15) is 0 Å². The summed E-state index contributed by atoms with van der Waals surface area (Å²) in [6.45, 7) is 3.32. The van der Waals surface area contributed by atoms with Crippen LogP contribution in [0.2, 0.25) is 0 Å². The molecule has 3 rings (SSSR count). The molecule has 2 aromatic rings. The van der Waals surface area contributed by atoms with E-state index in [1.807, 2.05) is 11.3 Å². The van der Waals surface area contributed by atoms with Crippen molar-refractivity contribution >= 4 is 27.3 Å². The van der Waals surface area contributed by atoms with E-state index in [4.69, 9.17) is 0 Å². The smallest absolute Gasteiger partial charge is 0.0386 e. The van der Waals surface area contributed by atoms with Crippen LogP contribution in [0.15, 0.2) is 40.2 Å². The molecule has 1 aromatic carbocycles. The average molecular weight is 322 g/mol. The summed E-state index contributed by atoms with van der Waals surface area (Å²) >= 11 is 5.32. The Labute approximate surface area is 120 Å². The number of fused-ring (bicyclic) bond motifs is 1. The average Bonchev–Trinajstić information content (AvgIpc) is 2.77. The van der Waals surface area contributed by atoms with Gasteiger partial charge in [-0.05, 0) is 46.5 Å². The zero-order chi connectivity index (χ0) is 12.5. The highest BCUT2D eigenvalue weighted by molar-refractivity contribution is 9.10. The topological polar surface area (TPSA) is 12.0 Å². The Bertz CT molecular complexity index is 549. The Kier molecular flexibility index (Phi) is 3.55. The molecule has 0 saturated heterocycles. The van der Waals surface area contributed by atoms with E-state index in [-0.39, 0.29) is 0 Å². The lowest BCUT2D eigenvalue weighted by molar-refractivity contribution is 0.493. The van der Waals surface area contributed by atoms with Gasteiger partial charge in [-0.25, -0.2) is 0 Å². The monoisotopic (exact) mass is 321 g/mol. The molecular weight excluding hydrogens is 306 g/mol. The molecule has 0 aliphatic heterocycles. The molecule has 1 aliphatic carbocycles. The molecule has 1 aliphatic rings. The van der Waals surface area contributed by atoms with E-state index >= 15 is 0 Å². The summed E-state index contributed by atoms with van der Waals surface area (Å²) in [6.07, 6.45) is 1.23. The van der Waals surface area contributed by atoms with Gasteiger partial charge < -0.3 is 5.32 Å². The van der Waals surface area contributed by atoms with Crippen molar-refractivity contribution in [2.75, 3.05) is 6.54 Å². The minimum absolute atomic E-state index is 0.439. The molecule has 94 valence electrons. The van der Waals surface area contributed by atoms with Gasteiger partial charge in [0.25, 0.3) is 0 Å². The molecule has 2 unspecified atom stereocenters. The first-order valence-electron chi connectivity index (χ1n) is 6.29. The molecule has 0 radical (unpaired) electrons. The number of nitrogens with one attached hydrogen (secondary N) is 1. The highest BCUT2D eigenvalue weighted by Crippen LogP contribution is 2.34. The Morgan fingerprint density at radius 3 is 3.00 bits per heavy atom. The van der Waals surface area contributed by atoms with Gasteiger partial charge in [-0.1, -0.05) is 24.3 Å². The quantitative estimate of drug-likeness (QED) is 0.874. The summed E-state index contributed by atoms with van der Waals surface area (Å²) in [6, 6.07) is 11.4. The molecule has 0 fully saturated rings. The first kappa shape index (κ1) is 12.4.